The van der Waals surface area contributed by atoms with E-state index in [2.05, 4.69) is 20.2 Å². The van der Waals surface area contributed by atoms with Crippen LogP contribution >= 0.6 is 0 Å². The van der Waals surface area contributed by atoms with Gasteiger partial charge in [0.2, 0.25) is 16.0 Å². The van der Waals surface area contributed by atoms with Gasteiger partial charge in [0.25, 0.3) is 0 Å². The minimum absolute atomic E-state index is 0.245. The van der Waals surface area contributed by atoms with E-state index in [4.69, 9.17) is 9.47 Å². The number of sulfonamides is 1. The monoisotopic (exact) mass is 556 g/mol. The number of hydrogen-bond acceptors (Lipinski definition) is 9. The zero-order valence-corrected chi connectivity index (χ0v) is 22.7. The lowest BCUT2D eigenvalue weighted by atomic mass is 10.3. The smallest absolute Gasteiger partial charge is 0.243 e. The number of nitrogens with one attached hydrogen (secondary N) is 1. The average molecular weight is 557 g/mol. The van der Waals surface area contributed by atoms with Crippen molar-refractivity contribution in [2.24, 2.45) is 0 Å². The molecule has 2 aliphatic rings. The number of halogens is 1. The van der Waals surface area contributed by atoms with Crippen molar-refractivity contribution in [1.29, 1.82) is 0 Å². The Morgan fingerprint density at radius 1 is 0.949 bits per heavy atom. The van der Waals surface area contributed by atoms with E-state index in [-0.39, 0.29) is 10.7 Å². The van der Waals surface area contributed by atoms with Crippen LogP contribution in [0.25, 0.3) is 0 Å². The Balaban J connectivity index is 1.16. The van der Waals surface area contributed by atoms with Gasteiger partial charge in [0, 0.05) is 63.3 Å². The van der Waals surface area contributed by atoms with Crippen molar-refractivity contribution in [2.45, 2.75) is 11.8 Å². The van der Waals surface area contributed by atoms with Crippen molar-refractivity contribution in [3.63, 3.8) is 0 Å². The number of hydrogen-bond donors (Lipinski definition) is 1. The maximum atomic E-state index is 13.3. The van der Waals surface area contributed by atoms with E-state index in [1.165, 1.54) is 16.4 Å². The molecule has 12 heteroatoms. The molecule has 2 aliphatic heterocycles. The Labute approximate surface area is 228 Å². The van der Waals surface area contributed by atoms with Gasteiger partial charge in [-0.2, -0.15) is 9.29 Å². The summed E-state index contributed by atoms with van der Waals surface area (Å²) in [7, 11) is -3.64. The SMILES string of the molecule is Cc1cc(Nc2ccc(F)cc2)nc(N2CCN(S(=O)(=O)c3ccc(OCCN4CCOCC4)cc3)CC2)n1. The minimum Gasteiger partial charge on any atom is -0.492 e. The third kappa shape index (κ3) is 7.01. The van der Waals surface area contributed by atoms with Gasteiger partial charge in [0.15, 0.2) is 0 Å². The largest absolute Gasteiger partial charge is 0.492 e. The second-order valence-corrected chi connectivity index (χ2v) is 11.4. The maximum absolute atomic E-state index is 13.3. The van der Waals surface area contributed by atoms with Crippen LogP contribution in [0.2, 0.25) is 0 Å². The molecule has 0 radical (unpaired) electrons. The van der Waals surface area contributed by atoms with Crippen LogP contribution in [0, 0.1) is 12.7 Å². The van der Waals surface area contributed by atoms with E-state index < -0.39 is 10.0 Å². The molecular weight excluding hydrogens is 523 g/mol. The summed E-state index contributed by atoms with van der Waals surface area (Å²) >= 11 is 0. The number of aryl methyl sites for hydroxylation is 1. The quantitative estimate of drug-likeness (QED) is 0.427. The molecule has 0 spiro atoms. The van der Waals surface area contributed by atoms with E-state index in [1.807, 2.05) is 17.9 Å². The second-order valence-electron chi connectivity index (χ2n) is 9.49. The highest BCUT2D eigenvalue weighted by Gasteiger charge is 2.29. The summed E-state index contributed by atoms with van der Waals surface area (Å²) in [6, 6.07) is 14.5. The van der Waals surface area contributed by atoms with E-state index in [0.717, 1.165) is 38.5 Å². The van der Waals surface area contributed by atoms with Crippen molar-refractivity contribution >= 4 is 27.5 Å². The third-order valence-electron chi connectivity index (χ3n) is 6.72. The molecule has 2 saturated heterocycles. The molecular formula is C27H33FN6O4S. The molecule has 1 N–H and O–H groups in total. The van der Waals surface area contributed by atoms with Crippen LogP contribution in [0.4, 0.5) is 21.8 Å². The maximum Gasteiger partial charge on any atom is 0.243 e. The number of benzene rings is 2. The van der Waals surface area contributed by atoms with Crippen LogP contribution < -0.4 is 15.0 Å². The first-order valence-corrected chi connectivity index (χ1v) is 14.5. The summed E-state index contributed by atoms with van der Waals surface area (Å²) < 4.78 is 52.4. The number of ether oxygens (including phenoxy) is 2. The lowest BCUT2D eigenvalue weighted by molar-refractivity contribution is 0.0322. The van der Waals surface area contributed by atoms with Crippen LogP contribution in [0.5, 0.6) is 5.75 Å². The van der Waals surface area contributed by atoms with Gasteiger partial charge < -0.3 is 19.7 Å². The summed E-state index contributed by atoms with van der Waals surface area (Å²) in [5.41, 5.74) is 1.48. The standard InChI is InChI=1S/C27H33FN6O4S/c1-21-20-26(30-23-4-2-22(28)3-5-23)31-27(29-21)33-10-12-34(13-11-33)39(35,36)25-8-6-24(7-9-25)38-19-16-32-14-17-37-18-15-32/h2-9,20H,10-19H2,1H3,(H,29,30,31). The Morgan fingerprint density at radius 2 is 1.64 bits per heavy atom. The molecule has 0 bridgehead atoms. The van der Waals surface area contributed by atoms with Gasteiger partial charge in [-0.3, -0.25) is 4.90 Å². The topological polar surface area (TPSA) is 100 Å². The first kappa shape index (κ1) is 27.3. The molecule has 0 amide bonds. The van der Waals surface area contributed by atoms with Gasteiger partial charge in [-0.15, -0.1) is 0 Å². The van der Waals surface area contributed by atoms with E-state index in [0.29, 0.717) is 56.0 Å². The molecule has 0 aliphatic carbocycles. The molecule has 0 unspecified atom stereocenters. The predicted octanol–water partition coefficient (Wildman–Crippen LogP) is 2.89. The number of rotatable bonds is 9. The van der Waals surface area contributed by atoms with Crippen molar-refractivity contribution in [1.82, 2.24) is 19.2 Å². The van der Waals surface area contributed by atoms with Crippen LogP contribution in [0.15, 0.2) is 59.5 Å². The number of nitrogens with zero attached hydrogens (tertiary/aromatic N) is 5. The van der Waals surface area contributed by atoms with Gasteiger partial charge in [0.1, 0.15) is 24.0 Å². The third-order valence-corrected chi connectivity index (χ3v) is 8.63. The first-order valence-electron chi connectivity index (χ1n) is 13.0. The summed E-state index contributed by atoms with van der Waals surface area (Å²) in [6.07, 6.45) is 0. The van der Waals surface area contributed by atoms with Gasteiger partial charge in [-0.25, -0.2) is 17.8 Å². The first-order chi connectivity index (χ1) is 18.9. The normalized spacial score (nSPS) is 17.2. The fourth-order valence-electron chi connectivity index (χ4n) is 4.54. The van der Waals surface area contributed by atoms with Crippen LogP contribution in [0.3, 0.4) is 0 Å². The minimum atomic E-state index is -3.64. The van der Waals surface area contributed by atoms with Gasteiger partial charge in [-0.05, 0) is 55.5 Å². The number of morpholine rings is 1. The van der Waals surface area contributed by atoms with Gasteiger partial charge in [-0.1, -0.05) is 0 Å². The molecule has 2 fully saturated rings. The summed E-state index contributed by atoms with van der Waals surface area (Å²) in [4.78, 5) is 13.7. The molecule has 3 aromatic rings. The van der Waals surface area contributed by atoms with Gasteiger partial charge >= 0.3 is 0 Å². The number of piperazine rings is 1. The molecule has 5 rings (SSSR count). The molecule has 1 aromatic heterocycles. The summed E-state index contributed by atoms with van der Waals surface area (Å²) in [5.74, 6) is 1.45. The van der Waals surface area contributed by atoms with Crippen LogP contribution in [-0.4, -0.2) is 93.2 Å². The van der Waals surface area contributed by atoms with Crippen LogP contribution in [-0.2, 0) is 14.8 Å². The zero-order chi connectivity index (χ0) is 27.2. The summed E-state index contributed by atoms with van der Waals surface area (Å²) in [6.45, 7) is 8.06. The molecule has 39 heavy (non-hydrogen) atoms. The lowest BCUT2D eigenvalue weighted by Crippen LogP contribution is -2.49. The highest BCUT2D eigenvalue weighted by atomic mass is 32.2. The van der Waals surface area contributed by atoms with E-state index in [1.54, 1.807) is 36.4 Å². The molecule has 208 valence electrons. The Morgan fingerprint density at radius 3 is 2.33 bits per heavy atom. The second kappa shape index (κ2) is 12.2. The Hall–Kier alpha value is -3.32. The fraction of sp³-hybridized carbons (Fsp3) is 0.407. The molecule has 10 nitrogen and oxygen atoms in total. The van der Waals surface area contributed by atoms with Crippen molar-refractivity contribution in [3.8, 4) is 5.75 Å². The highest BCUT2D eigenvalue weighted by molar-refractivity contribution is 7.89. The predicted molar refractivity (Wildman–Crippen MR) is 147 cm³/mol. The Kier molecular flexibility index (Phi) is 8.56. The highest BCUT2D eigenvalue weighted by Crippen LogP contribution is 2.23. The van der Waals surface area contributed by atoms with Crippen molar-refractivity contribution < 1.29 is 22.3 Å². The zero-order valence-electron chi connectivity index (χ0n) is 21.9. The summed E-state index contributed by atoms with van der Waals surface area (Å²) in [5, 5.41) is 3.17. The average Bonchev–Trinajstić information content (AvgIpc) is 2.95. The molecule has 0 atom stereocenters. The van der Waals surface area contributed by atoms with Gasteiger partial charge in [0.05, 0.1) is 18.1 Å². The van der Waals surface area contributed by atoms with Crippen molar-refractivity contribution in [3.05, 3.63) is 66.1 Å². The molecule has 2 aromatic carbocycles. The Bertz CT molecular complexity index is 1340. The lowest BCUT2D eigenvalue weighted by Gasteiger charge is -2.34. The molecule has 0 saturated carbocycles. The fourth-order valence-corrected chi connectivity index (χ4v) is 5.96. The number of aromatic nitrogens is 2. The van der Waals surface area contributed by atoms with Crippen LogP contribution in [0.1, 0.15) is 5.69 Å². The number of anilines is 3. The van der Waals surface area contributed by atoms with E-state index in [9.17, 15) is 12.8 Å². The molecule has 3 heterocycles. The van der Waals surface area contributed by atoms with Crippen molar-refractivity contribution in [2.75, 3.05) is 75.9 Å². The van der Waals surface area contributed by atoms with E-state index >= 15 is 0 Å².